The minimum atomic E-state index is 0.483. The third-order valence-electron chi connectivity index (χ3n) is 1.54. The molecular formula is C8H7ClN4S2. The molecule has 78 valence electrons. The van der Waals surface area contributed by atoms with Gasteiger partial charge >= 0.3 is 0 Å². The summed E-state index contributed by atoms with van der Waals surface area (Å²) in [6, 6.07) is 5.54. The van der Waals surface area contributed by atoms with Gasteiger partial charge in [-0.2, -0.15) is 0 Å². The maximum absolute atomic E-state index is 5.76. The minimum absolute atomic E-state index is 0.483. The van der Waals surface area contributed by atoms with E-state index in [-0.39, 0.29) is 0 Å². The van der Waals surface area contributed by atoms with Crippen molar-refractivity contribution in [3.63, 3.8) is 0 Å². The van der Waals surface area contributed by atoms with Crippen molar-refractivity contribution in [3.05, 3.63) is 29.0 Å². The second-order valence-corrected chi connectivity index (χ2v) is 5.27. The molecule has 0 spiro atoms. The Morgan fingerprint density at radius 2 is 2.27 bits per heavy atom. The highest BCUT2D eigenvalue weighted by Gasteiger charge is 2.03. The lowest BCUT2D eigenvalue weighted by Crippen LogP contribution is -1.86. The molecule has 0 unspecified atom stereocenters. The third kappa shape index (κ3) is 3.05. The smallest absolute Gasteiger partial charge is 0.203 e. The number of halogens is 1. The van der Waals surface area contributed by atoms with Crippen LogP contribution in [0.3, 0.4) is 0 Å². The number of rotatable bonds is 3. The summed E-state index contributed by atoms with van der Waals surface area (Å²) < 4.78 is 0.842. The van der Waals surface area contributed by atoms with Crippen molar-refractivity contribution in [1.82, 2.24) is 15.2 Å². The number of nitrogen functional groups attached to an aromatic ring is 1. The molecule has 0 saturated heterocycles. The molecule has 0 aliphatic rings. The number of anilines is 1. The van der Waals surface area contributed by atoms with Gasteiger partial charge in [-0.3, -0.25) is 0 Å². The Hall–Kier alpha value is -0.850. The van der Waals surface area contributed by atoms with Crippen LogP contribution >= 0.6 is 34.7 Å². The summed E-state index contributed by atoms with van der Waals surface area (Å²) >= 11 is 8.68. The zero-order chi connectivity index (χ0) is 10.7. The lowest BCUT2D eigenvalue weighted by molar-refractivity contribution is 1.01. The molecular weight excluding hydrogens is 252 g/mol. The molecule has 2 aromatic heterocycles. The number of nitrogens with zero attached hydrogens (tertiary/aromatic N) is 3. The van der Waals surface area contributed by atoms with E-state index in [1.807, 2.05) is 12.1 Å². The van der Waals surface area contributed by atoms with Crippen LogP contribution in [0, 0.1) is 0 Å². The van der Waals surface area contributed by atoms with E-state index in [2.05, 4.69) is 15.2 Å². The SMILES string of the molecule is Nc1nnc(SCc2cccc(Cl)n2)s1. The quantitative estimate of drug-likeness (QED) is 0.677. The molecule has 2 aromatic rings. The topological polar surface area (TPSA) is 64.7 Å². The summed E-state index contributed by atoms with van der Waals surface area (Å²) in [5.74, 6) is 0.717. The molecule has 0 aliphatic carbocycles. The molecule has 0 atom stereocenters. The predicted molar refractivity (Wildman–Crippen MR) is 63.1 cm³/mol. The van der Waals surface area contributed by atoms with Gasteiger partial charge in [0.2, 0.25) is 5.13 Å². The molecule has 7 heteroatoms. The summed E-state index contributed by atoms with van der Waals surface area (Å²) in [7, 11) is 0. The Balaban J connectivity index is 1.99. The summed E-state index contributed by atoms with van der Waals surface area (Å²) in [5, 5.41) is 8.61. The van der Waals surface area contributed by atoms with E-state index >= 15 is 0 Å². The van der Waals surface area contributed by atoms with Crippen LogP contribution in [-0.2, 0) is 5.75 Å². The molecule has 2 rings (SSSR count). The third-order valence-corrected chi connectivity index (χ3v) is 3.67. The molecule has 0 radical (unpaired) electrons. The van der Waals surface area contributed by atoms with E-state index < -0.39 is 0 Å². The van der Waals surface area contributed by atoms with Gasteiger partial charge in [0, 0.05) is 5.75 Å². The van der Waals surface area contributed by atoms with Crippen molar-refractivity contribution in [3.8, 4) is 0 Å². The monoisotopic (exact) mass is 258 g/mol. The highest BCUT2D eigenvalue weighted by atomic mass is 35.5. The maximum atomic E-state index is 5.76. The Morgan fingerprint density at radius 3 is 2.93 bits per heavy atom. The number of thioether (sulfide) groups is 1. The number of hydrogen-bond acceptors (Lipinski definition) is 6. The van der Waals surface area contributed by atoms with E-state index in [4.69, 9.17) is 17.3 Å². The fourth-order valence-corrected chi connectivity index (χ4v) is 2.67. The first kappa shape index (κ1) is 10.7. The van der Waals surface area contributed by atoms with Crippen LogP contribution in [-0.4, -0.2) is 15.2 Å². The summed E-state index contributed by atoms with van der Waals surface area (Å²) in [6.07, 6.45) is 0. The van der Waals surface area contributed by atoms with E-state index in [0.29, 0.717) is 10.3 Å². The van der Waals surface area contributed by atoms with Crippen LogP contribution in [0.5, 0.6) is 0 Å². The largest absolute Gasteiger partial charge is 0.374 e. The molecule has 0 amide bonds. The van der Waals surface area contributed by atoms with Gasteiger partial charge in [-0.1, -0.05) is 40.8 Å². The molecule has 0 fully saturated rings. The van der Waals surface area contributed by atoms with E-state index in [0.717, 1.165) is 15.8 Å². The van der Waals surface area contributed by atoms with Gasteiger partial charge in [0.1, 0.15) is 5.15 Å². The molecule has 15 heavy (non-hydrogen) atoms. The minimum Gasteiger partial charge on any atom is -0.374 e. The van der Waals surface area contributed by atoms with Crippen molar-refractivity contribution in [1.29, 1.82) is 0 Å². The predicted octanol–water partition coefficient (Wildman–Crippen LogP) is 2.46. The van der Waals surface area contributed by atoms with Crippen LogP contribution in [0.4, 0.5) is 5.13 Å². The van der Waals surface area contributed by atoms with Crippen LogP contribution in [0.2, 0.25) is 5.15 Å². The van der Waals surface area contributed by atoms with Crippen molar-refractivity contribution in [2.24, 2.45) is 0 Å². The van der Waals surface area contributed by atoms with Crippen molar-refractivity contribution in [2.45, 2.75) is 10.1 Å². The average molecular weight is 259 g/mol. The number of hydrogen-bond donors (Lipinski definition) is 1. The van der Waals surface area contributed by atoms with Crippen LogP contribution in [0.15, 0.2) is 22.5 Å². The average Bonchev–Trinajstić information content (AvgIpc) is 2.62. The molecule has 2 heterocycles. The zero-order valence-corrected chi connectivity index (χ0v) is 9.94. The van der Waals surface area contributed by atoms with Crippen molar-refractivity contribution in [2.75, 3.05) is 5.73 Å². The Morgan fingerprint density at radius 1 is 1.40 bits per heavy atom. The second kappa shape index (κ2) is 4.78. The lowest BCUT2D eigenvalue weighted by Gasteiger charge is -1.97. The first-order chi connectivity index (χ1) is 7.24. The van der Waals surface area contributed by atoms with Crippen molar-refractivity contribution < 1.29 is 0 Å². The molecule has 0 aromatic carbocycles. The van der Waals surface area contributed by atoms with Gasteiger partial charge in [0.15, 0.2) is 4.34 Å². The van der Waals surface area contributed by atoms with Crippen LogP contribution in [0.1, 0.15) is 5.69 Å². The lowest BCUT2D eigenvalue weighted by atomic mass is 10.4. The first-order valence-corrected chi connectivity index (χ1v) is 6.25. The number of pyridine rings is 1. The van der Waals surface area contributed by atoms with Gasteiger partial charge in [-0.05, 0) is 12.1 Å². The highest BCUT2D eigenvalue weighted by molar-refractivity contribution is 8.00. The van der Waals surface area contributed by atoms with Crippen LogP contribution in [0.25, 0.3) is 0 Å². The highest BCUT2D eigenvalue weighted by Crippen LogP contribution is 2.26. The van der Waals surface area contributed by atoms with Gasteiger partial charge < -0.3 is 5.73 Å². The van der Waals surface area contributed by atoms with Gasteiger partial charge in [-0.25, -0.2) is 4.98 Å². The summed E-state index contributed by atoms with van der Waals surface area (Å²) in [5.41, 5.74) is 6.38. The van der Waals surface area contributed by atoms with Gasteiger partial charge in [-0.15, -0.1) is 10.2 Å². The Bertz CT molecular complexity index is 459. The summed E-state index contributed by atoms with van der Waals surface area (Å²) in [4.78, 5) is 4.16. The van der Waals surface area contributed by atoms with E-state index in [1.165, 1.54) is 11.3 Å². The van der Waals surface area contributed by atoms with Gasteiger partial charge in [0.25, 0.3) is 0 Å². The zero-order valence-electron chi connectivity index (χ0n) is 7.55. The standard InChI is InChI=1S/C8H7ClN4S2/c9-6-3-1-2-5(11-6)4-14-8-13-12-7(10)15-8/h1-3H,4H2,(H2,10,12). The maximum Gasteiger partial charge on any atom is 0.203 e. The number of nitrogens with two attached hydrogens (primary N) is 1. The molecule has 4 nitrogen and oxygen atoms in total. The fourth-order valence-electron chi connectivity index (χ4n) is 0.945. The first-order valence-electron chi connectivity index (χ1n) is 4.07. The molecule has 0 saturated carbocycles. The second-order valence-electron chi connectivity index (χ2n) is 2.65. The van der Waals surface area contributed by atoms with E-state index in [9.17, 15) is 0 Å². The Kier molecular flexibility index (Phi) is 3.40. The fraction of sp³-hybridized carbons (Fsp3) is 0.125. The molecule has 2 N–H and O–H groups in total. The summed E-state index contributed by atoms with van der Waals surface area (Å²) in [6.45, 7) is 0. The normalized spacial score (nSPS) is 10.5. The van der Waals surface area contributed by atoms with Crippen molar-refractivity contribution >= 4 is 39.8 Å². The van der Waals surface area contributed by atoms with E-state index in [1.54, 1.807) is 17.8 Å². The van der Waals surface area contributed by atoms with Gasteiger partial charge in [0.05, 0.1) is 5.69 Å². The molecule has 0 aliphatic heterocycles. The Labute approximate surface area is 99.9 Å². The molecule has 0 bridgehead atoms. The number of aromatic nitrogens is 3. The van der Waals surface area contributed by atoms with Crippen LogP contribution < -0.4 is 5.73 Å².